The van der Waals surface area contributed by atoms with Gasteiger partial charge < -0.3 is 0 Å². The molecule has 0 amide bonds. The molecule has 0 N–H and O–H groups in total. The van der Waals surface area contributed by atoms with Crippen LogP contribution in [0.2, 0.25) is 5.02 Å². The minimum Gasteiger partial charge on any atom is -0.298 e. The number of hydrogen-bond donors (Lipinski definition) is 0. The molecule has 0 bridgehead atoms. The molecule has 0 unspecified atom stereocenters. The van der Waals surface area contributed by atoms with E-state index in [1.807, 2.05) is 12.1 Å². The first kappa shape index (κ1) is 15.0. The molecule has 2 aromatic carbocycles. The maximum absolute atomic E-state index is 13.4. The molecule has 0 heterocycles. The van der Waals surface area contributed by atoms with E-state index in [1.165, 1.54) is 23.9 Å². The third kappa shape index (κ3) is 3.81. The molecular weight excluding hydrogens is 302 g/mol. The van der Waals surface area contributed by atoms with Crippen molar-refractivity contribution in [2.24, 2.45) is 0 Å². The van der Waals surface area contributed by atoms with Crippen LogP contribution < -0.4 is 0 Å². The highest BCUT2D eigenvalue weighted by atomic mass is 35.5. The molecule has 0 saturated carbocycles. The number of hydrogen-bond acceptors (Lipinski definition) is 2. The number of ketones is 1. The summed E-state index contributed by atoms with van der Waals surface area (Å²) in [6.07, 6.45) is -0.124. The van der Waals surface area contributed by atoms with Gasteiger partial charge in [-0.2, -0.15) is 0 Å². The number of carbonyl (C=O) groups excluding carboxylic acids is 1. The van der Waals surface area contributed by atoms with Crippen molar-refractivity contribution in [3.05, 3.63) is 64.7 Å². The van der Waals surface area contributed by atoms with Crippen LogP contribution in [0.4, 0.5) is 8.78 Å². The minimum atomic E-state index is -0.955. The third-order valence-corrected chi connectivity index (χ3v) is 4.22. The molecule has 2 aromatic rings. The Morgan fingerprint density at radius 3 is 2.60 bits per heavy atom. The van der Waals surface area contributed by atoms with Crippen molar-refractivity contribution >= 4 is 29.1 Å². The number of halogens is 3. The first-order chi connectivity index (χ1) is 9.58. The van der Waals surface area contributed by atoms with Crippen LogP contribution in [0.25, 0.3) is 0 Å². The van der Waals surface area contributed by atoms with E-state index in [-0.39, 0.29) is 23.5 Å². The van der Waals surface area contributed by atoms with Crippen molar-refractivity contribution in [3.63, 3.8) is 0 Å². The summed E-state index contributed by atoms with van der Waals surface area (Å²) >= 11 is 7.26. The average molecular weight is 313 g/mol. The fourth-order valence-electron chi connectivity index (χ4n) is 1.67. The second-order valence-electron chi connectivity index (χ2n) is 4.15. The highest BCUT2D eigenvalue weighted by Crippen LogP contribution is 2.26. The monoisotopic (exact) mass is 312 g/mol. The first-order valence-electron chi connectivity index (χ1n) is 5.90. The van der Waals surface area contributed by atoms with Gasteiger partial charge in [-0.15, -0.1) is 11.8 Å². The zero-order chi connectivity index (χ0) is 14.5. The predicted octanol–water partition coefficient (Wildman–Crippen LogP) is 4.52. The molecule has 1 nitrogen and oxygen atoms in total. The first-order valence-corrected chi connectivity index (χ1v) is 7.26. The molecule has 5 heteroatoms. The van der Waals surface area contributed by atoms with Gasteiger partial charge in [-0.3, -0.25) is 4.79 Å². The van der Waals surface area contributed by atoms with Crippen LogP contribution in [0.3, 0.4) is 0 Å². The number of carbonyl (C=O) groups is 1. The van der Waals surface area contributed by atoms with E-state index < -0.39 is 11.6 Å². The average Bonchev–Trinajstić information content (AvgIpc) is 2.43. The lowest BCUT2D eigenvalue weighted by atomic mass is 10.1. The van der Waals surface area contributed by atoms with Crippen LogP contribution in [0.5, 0.6) is 0 Å². The lowest BCUT2D eigenvalue weighted by Crippen LogP contribution is -2.08. The minimum absolute atomic E-state index is 0.0785. The van der Waals surface area contributed by atoms with Gasteiger partial charge in [0.05, 0.1) is 10.8 Å². The summed E-state index contributed by atoms with van der Waals surface area (Å²) in [5, 5.41) is 0.572. The zero-order valence-electron chi connectivity index (χ0n) is 10.4. The zero-order valence-corrected chi connectivity index (χ0v) is 12.0. The van der Waals surface area contributed by atoms with Gasteiger partial charge in [0, 0.05) is 11.3 Å². The van der Waals surface area contributed by atoms with E-state index in [0.717, 1.165) is 11.0 Å². The summed E-state index contributed by atoms with van der Waals surface area (Å²) in [5.41, 5.74) is 0.0785. The van der Waals surface area contributed by atoms with Gasteiger partial charge in [0.2, 0.25) is 0 Å². The predicted molar refractivity (Wildman–Crippen MR) is 77.2 cm³/mol. The Kier molecular flexibility index (Phi) is 5.15. The summed E-state index contributed by atoms with van der Waals surface area (Å²) < 4.78 is 26.5. The second-order valence-corrected chi connectivity index (χ2v) is 5.57. The lowest BCUT2D eigenvalue weighted by Gasteiger charge is -2.05. The molecule has 104 valence electrons. The normalized spacial score (nSPS) is 10.6. The Morgan fingerprint density at radius 1 is 1.10 bits per heavy atom. The molecule has 20 heavy (non-hydrogen) atoms. The molecule has 0 atom stereocenters. The van der Waals surface area contributed by atoms with E-state index in [2.05, 4.69) is 0 Å². The third-order valence-electron chi connectivity index (χ3n) is 2.64. The van der Waals surface area contributed by atoms with Crippen molar-refractivity contribution in [2.75, 3.05) is 5.75 Å². The van der Waals surface area contributed by atoms with Crippen LogP contribution >= 0.6 is 23.4 Å². The van der Waals surface area contributed by atoms with Gasteiger partial charge in [0.15, 0.2) is 11.6 Å². The van der Waals surface area contributed by atoms with E-state index in [9.17, 15) is 13.6 Å². The highest BCUT2D eigenvalue weighted by Gasteiger charge is 2.12. The Labute approximate surface area is 125 Å². The quantitative estimate of drug-likeness (QED) is 0.755. The van der Waals surface area contributed by atoms with E-state index in [1.54, 1.807) is 12.1 Å². The van der Waals surface area contributed by atoms with Crippen LogP contribution in [0.1, 0.15) is 5.56 Å². The maximum atomic E-state index is 13.4. The molecule has 0 fully saturated rings. The lowest BCUT2D eigenvalue weighted by molar-refractivity contribution is -0.116. The molecule has 0 saturated heterocycles. The van der Waals surface area contributed by atoms with Crippen molar-refractivity contribution in [3.8, 4) is 0 Å². The second kappa shape index (κ2) is 6.86. The summed E-state index contributed by atoms with van der Waals surface area (Å²) in [4.78, 5) is 12.6. The van der Waals surface area contributed by atoms with Gasteiger partial charge in [-0.1, -0.05) is 35.9 Å². The largest absolute Gasteiger partial charge is 0.298 e. The molecule has 0 aromatic heterocycles. The van der Waals surface area contributed by atoms with Gasteiger partial charge in [0.25, 0.3) is 0 Å². The van der Waals surface area contributed by atoms with Crippen molar-refractivity contribution in [2.45, 2.75) is 11.3 Å². The van der Waals surface area contributed by atoms with Crippen molar-refractivity contribution in [1.82, 2.24) is 0 Å². The van der Waals surface area contributed by atoms with E-state index in [4.69, 9.17) is 11.6 Å². The number of rotatable bonds is 5. The van der Waals surface area contributed by atoms with Crippen LogP contribution in [-0.4, -0.2) is 11.5 Å². The van der Waals surface area contributed by atoms with Gasteiger partial charge >= 0.3 is 0 Å². The summed E-state index contributed by atoms with van der Waals surface area (Å²) in [6, 6.07) is 11.0. The van der Waals surface area contributed by atoms with Crippen molar-refractivity contribution < 1.29 is 13.6 Å². The van der Waals surface area contributed by atoms with Crippen molar-refractivity contribution in [1.29, 1.82) is 0 Å². The summed E-state index contributed by atoms with van der Waals surface area (Å²) in [7, 11) is 0. The SMILES string of the molecule is O=C(CSc1ccccc1Cl)Cc1cccc(F)c1F. The van der Waals surface area contributed by atoms with E-state index >= 15 is 0 Å². The molecular formula is C15H11ClF2OS. The molecule has 0 radical (unpaired) electrons. The van der Waals surface area contributed by atoms with E-state index in [0.29, 0.717) is 5.02 Å². The summed E-state index contributed by atoms with van der Waals surface area (Å²) in [6.45, 7) is 0. The fourth-order valence-corrected chi connectivity index (χ4v) is 2.77. The number of Topliss-reactive ketones (excluding diaryl/α,β-unsaturated/α-hetero) is 1. The maximum Gasteiger partial charge on any atom is 0.162 e. The fraction of sp³-hybridized carbons (Fsp3) is 0.133. The smallest absolute Gasteiger partial charge is 0.162 e. The topological polar surface area (TPSA) is 17.1 Å². The Morgan fingerprint density at radius 2 is 1.85 bits per heavy atom. The number of benzene rings is 2. The number of thioether (sulfide) groups is 1. The summed E-state index contributed by atoms with van der Waals surface area (Å²) in [5.74, 6) is -1.91. The Bertz CT molecular complexity index is 631. The Balaban J connectivity index is 1.96. The highest BCUT2D eigenvalue weighted by molar-refractivity contribution is 8.00. The molecule has 0 aliphatic heterocycles. The molecule has 0 aliphatic rings. The van der Waals surface area contributed by atoms with Gasteiger partial charge in [-0.25, -0.2) is 8.78 Å². The van der Waals surface area contributed by atoms with Crippen LogP contribution in [0.15, 0.2) is 47.4 Å². The van der Waals surface area contributed by atoms with Gasteiger partial charge in [0.1, 0.15) is 5.78 Å². The van der Waals surface area contributed by atoms with Crippen LogP contribution in [0, 0.1) is 11.6 Å². The Hall–Kier alpha value is -1.39. The molecule has 0 spiro atoms. The molecule has 2 rings (SSSR count). The molecule has 0 aliphatic carbocycles. The van der Waals surface area contributed by atoms with Gasteiger partial charge in [-0.05, 0) is 23.8 Å². The van der Waals surface area contributed by atoms with Crippen LogP contribution in [-0.2, 0) is 11.2 Å². The standard InChI is InChI=1S/C15H11ClF2OS/c16-12-5-1-2-7-14(12)20-9-11(19)8-10-4-3-6-13(17)15(10)18/h1-7H,8-9H2.